The smallest absolute Gasteiger partial charge is 0.315 e. The van der Waals surface area contributed by atoms with Gasteiger partial charge in [-0.1, -0.05) is 18.2 Å². The van der Waals surface area contributed by atoms with Crippen LogP contribution >= 0.6 is 11.3 Å². The van der Waals surface area contributed by atoms with Gasteiger partial charge in [-0.05, 0) is 35.2 Å². The molecular formula is C17H19N5OS. The summed E-state index contributed by atoms with van der Waals surface area (Å²) in [6.07, 6.45) is 4.17. The Morgan fingerprint density at radius 3 is 3.25 bits per heavy atom. The molecule has 0 radical (unpaired) electrons. The molecule has 1 atom stereocenters. The molecule has 124 valence electrons. The summed E-state index contributed by atoms with van der Waals surface area (Å²) in [5, 5.41) is 13.6. The average Bonchev–Trinajstić information content (AvgIpc) is 3.21. The van der Waals surface area contributed by atoms with Crippen molar-refractivity contribution in [3.8, 4) is 0 Å². The fourth-order valence-electron chi connectivity index (χ4n) is 3.13. The average molecular weight is 341 g/mol. The molecular weight excluding hydrogens is 322 g/mol. The van der Waals surface area contributed by atoms with Crippen LogP contribution in [0.15, 0.2) is 36.0 Å². The van der Waals surface area contributed by atoms with E-state index in [0.29, 0.717) is 13.1 Å². The quantitative estimate of drug-likeness (QED) is 0.765. The largest absolute Gasteiger partial charge is 0.338 e. The van der Waals surface area contributed by atoms with Crippen LogP contribution < -0.4 is 10.6 Å². The number of urea groups is 1. The van der Waals surface area contributed by atoms with Gasteiger partial charge in [-0.25, -0.2) is 14.5 Å². The molecule has 0 saturated heterocycles. The Morgan fingerprint density at radius 2 is 2.29 bits per heavy atom. The number of rotatable bonds is 4. The number of carbonyl (C=O) groups excluding carboxylic acids is 1. The van der Waals surface area contributed by atoms with Gasteiger partial charge in [0.15, 0.2) is 0 Å². The van der Waals surface area contributed by atoms with E-state index in [1.165, 1.54) is 15.6 Å². The van der Waals surface area contributed by atoms with E-state index in [1.54, 1.807) is 17.7 Å². The van der Waals surface area contributed by atoms with E-state index >= 15 is 0 Å². The molecule has 1 aromatic carbocycles. The first-order chi connectivity index (χ1) is 11.8. The standard InChI is InChI=1S/C17H19N5OS/c23-17(21-13-5-6-16-19-11-20-22(16)9-13)18-8-7-12-10-24-15-4-2-1-3-14(12)15/h1-4,10-11,13H,5-9H2,(H2,18,21,23)/t13-/m1/s1. The van der Waals surface area contributed by atoms with E-state index in [-0.39, 0.29) is 12.1 Å². The van der Waals surface area contributed by atoms with Gasteiger partial charge in [0.2, 0.25) is 0 Å². The third kappa shape index (κ3) is 3.12. The molecule has 3 heterocycles. The summed E-state index contributed by atoms with van der Waals surface area (Å²) >= 11 is 1.75. The van der Waals surface area contributed by atoms with Crippen molar-refractivity contribution in [1.82, 2.24) is 25.4 Å². The molecule has 0 unspecified atom stereocenters. The van der Waals surface area contributed by atoms with Crippen molar-refractivity contribution in [2.75, 3.05) is 6.54 Å². The van der Waals surface area contributed by atoms with Gasteiger partial charge in [0.05, 0.1) is 12.6 Å². The highest BCUT2D eigenvalue weighted by molar-refractivity contribution is 7.17. The maximum atomic E-state index is 12.1. The molecule has 4 rings (SSSR count). The number of benzene rings is 1. The van der Waals surface area contributed by atoms with Crippen molar-refractivity contribution in [2.45, 2.75) is 31.8 Å². The SMILES string of the molecule is O=C(NCCc1csc2ccccc12)N[C@@H]1CCc2ncnn2C1. The Morgan fingerprint density at radius 1 is 1.38 bits per heavy atom. The van der Waals surface area contributed by atoms with Gasteiger partial charge in [0, 0.05) is 17.7 Å². The topological polar surface area (TPSA) is 71.8 Å². The molecule has 0 bridgehead atoms. The maximum Gasteiger partial charge on any atom is 0.315 e. The second-order valence-corrected chi connectivity index (χ2v) is 6.91. The molecule has 1 aliphatic rings. The highest BCUT2D eigenvalue weighted by Crippen LogP contribution is 2.25. The van der Waals surface area contributed by atoms with Crippen molar-refractivity contribution >= 4 is 27.5 Å². The summed E-state index contributed by atoms with van der Waals surface area (Å²) in [5.41, 5.74) is 1.29. The molecule has 2 amide bonds. The highest BCUT2D eigenvalue weighted by atomic mass is 32.1. The lowest BCUT2D eigenvalue weighted by Crippen LogP contribution is -2.46. The van der Waals surface area contributed by atoms with Crippen molar-refractivity contribution in [3.63, 3.8) is 0 Å². The van der Waals surface area contributed by atoms with Crippen LogP contribution in [0.4, 0.5) is 4.79 Å². The Labute approximate surface area is 143 Å². The molecule has 0 saturated carbocycles. The fraction of sp³-hybridized carbons (Fsp3) is 0.353. The van der Waals surface area contributed by atoms with E-state index in [4.69, 9.17) is 0 Å². The molecule has 24 heavy (non-hydrogen) atoms. The van der Waals surface area contributed by atoms with Gasteiger partial charge in [-0.15, -0.1) is 11.3 Å². The van der Waals surface area contributed by atoms with E-state index < -0.39 is 0 Å². The number of nitrogens with one attached hydrogen (secondary N) is 2. The third-order valence-corrected chi connectivity index (χ3v) is 5.39. The lowest BCUT2D eigenvalue weighted by atomic mass is 10.1. The number of hydrogen-bond acceptors (Lipinski definition) is 4. The molecule has 0 aliphatic carbocycles. The van der Waals surface area contributed by atoms with Gasteiger partial charge >= 0.3 is 6.03 Å². The van der Waals surface area contributed by atoms with Crippen LogP contribution in [-0.4, -0.2) is 33.4 Å². The predicted octanol–water partition coefficient (Wildman–Crippen LogP) is 2.35. The van der Waals surface area contributed by atoms with Crippen molar-refractivity contribution in [1.29, 1.82) is 0 Å². The number of amides is 2. The molecule has 7 heteroatoms. The Kier molecular flexibility index (Phi) is 4.17. The van der Waals surface area contributed by atoms with Crippen molar-refractivity contribution in [2.24, 2.45) is 0 Å². The fourth-order valence-corrected chi connectivity index (χ4v) is 4.13. The van der Waals surface area contributed by atoms with Gasteiger partial charge < -0.3 is 10.6 Å². The second-order valence-electron chi connectivity index (χ2n) is 6.00. The number of aryl methyl sites for hydroxylation is 1. The lowest BCUT2D eigenvalue weighted by Gasteiger charge is -2.23. The minimum atomic E-state index is -0.108. The normalized spacial score (nSPS) is 16.8. The number of hydrogen-bond donors (Lipinski definition) is 2. The van der Waals surface area contributed by atoms with Gasteiger partial charge in [0.1, 0.15) is 12.2 Å². The van der Waals surface area contributed by atoms with Crippen LogP contribution in [0.25, 0.3) is 10.1 Å². The predicted molar refractivity (Wildman–Crippen MR) is 94.2 cm³/mol. The van der Waals surface area contributed by atoms with Crippen LogP contribution in [0.2, 0.25) is 0 Å². The summed E-state index contributed by atoms with van der Waals surface area (Å²) in [5.74, 6) is 0.998. The molecule has 1 aliphatic heterocycles. The number of nitrogens with zero attached hydrogens (tertiary/aromatic N) is 3. The highest BCUT2D eigenvalue weighted by Gasteiger charge is 2.21. The van der Waals surface area contributed by atoms with E-state index in [9.17, 15) is 4.79 Å². The lowest BCUT2D eigenvalue weighted by molar-refractivity contribution is 0.232. The van der Waals surface area contributed by atoms with Crippen LogP contribution in [0.5, 0.6) is 0 Å². The summed E-state index contributed by atoms with van der Waals surface area (Å²) in [6, 6.07) is 8.38. The molecule has 0 fully saturated rings. The van der Waals surface area contributed by atoms with Crippen LogP contribution in [0.1, 0.15) is 17.8 Å². The summed E-state index contributed by atoms with van der Waals surface area (Å²) in [6.45, 7) is 1.33. The first kappa shape index (κ1) is 15.1. The second kappa shape index (κ2) is 6.60. The first-order valence-corrected chi connectivity index (χ1v) is 9.04. The minimum Gasteiger partial charge on any atom is -0.338 e. The number of thiophene rings is 1. The molecule has 0 spiro atoms. The Hall–Kier alpha value is -2.41. The van der Waals surface area contributed by atoms with E-state index in [0.717, 1.165) is 25.1 Å². The first-order valence-electron chi connectivity index (χ1n) is 8.16. The van der Waals surface area contributed by atoms with Crippen LogP contribution in [0.3, 0.4) is 0 Å². The molecule has 2 aromatic heterocycles. The van der Waals surface area contributed by atoms with Gasteiger partial charge in [-0.2, -0.15) is 5.10 Å². The zero-order chi connectivity index (χ0) is 16.4. The molecule has 6 nitrogen and oxygen atoms in total. The van der Waals surface area contributed by atoms with Crippen molar-refractivity contribution in [3.05, 3.63) is 47.4 Å². The minimum absolute atomic E-state index is 0.108. The third-order valence-electron chi connectivity index (χ3n) is 4.38. The number of aromatic nitrogens is 3. The van der Waals surface area contributed by atoms with Crippen molar-refractivity contribution < 1.29 is 4.79 Å². The molecule has 3 aromatic rings. The zero-order valence-corrected chi connectivity index (χ0v) is 14.1. The number of carbonyl (C=O) groups is 1. The summed E-state index contributed by atoms with van der Waals surface area (Å²) < 4.78 is 3.16. The van der Waals surface area contributed by atoms with Crippen LogP contribution in [-0.2, 0) is 19.4 Å². The molecule has 2 N–H and O–H groups in total. The summed E-state index contributed by atoms with van der Waals surface area (Å²) in [7, 11) is 0. The summed E-state index contributed by atoms with van der Waals surface area (Å²) in [4.78, 5) is 16.3. The van der Waals surface area contributed by atoms with E-state index in [2.05, 4.69) is 50.4 Å². The Bertz CT molecular complexity index is 855. The van der Waals surface area contributed by atoms with E-state index in [1.807, 2.05) is 4.68 Å². The van der Waals surface area contributed by atoms with Gasteiger partial charge in [0.25, 0.3) is 0 Å². The zero-order valence-electron chi connectivity index (χ0n) is 13.2. The maximum absolute atomic E-state index is 12.1. The van der Waals surface area contributed by atoms with Crippen LogP contribution in [0, 0.1) is 0 Å². The monoisotopic (exact) mass is 341 g/mol. The van der Waals surface area contributed by atoms with Gasteiger partial charge in [-0.3, -0.25) is 0 Å². The Balaban J connectivity index is 1.27. The number of fused-ring (bicyclic) bond motifs is 2.